The lowest BCUT2D eigenvalue weighted by atomic mass is 10.2. The summed E-state index contributed by atoms with van der Waals surface area (Å²) in [6.07, 6.45) is 0. The molecule has 0 spiro atoms. The zero-order valence-corrected chi connectivity index (χ0v) is 11.5. The van der Waals surface area contributed by atoms with Crippen LogP contribution in [0.25, 0.3) is 0 Å². The maximum absolute atomic E-state index is 13.3. The molecule has 1 nitrogen and oxygen atoms in total. The summed E-state index contributed by atoms with van der Waals surface area (Å²) in [7, 11) is 0. The average Bonchev–Trinajstić information content (AvgIpc) is 2.38. The highest BCUT2D eigenvalue weighted by Gasteiger charge is 2.03. The quantitative estimate of drug-likeness (QED) is 0.888. The van der Waals surface area contributed by atoms with Gasteiger partial charge in [-0.3, -0.25) is 0 Å². The molecule has 19 heavy (non-hydrogen) atoms. The van der Waals surface area contributed by atoms with E-state index in [1.165, 1.54) is 12.1 Å². The molecule has 0 heterocycles. The maximum atomic E-state index is 13.3. The van der Waals surface area contributed by atoms with Gasteiger partial charge in [-0.05, 0) is 51.3 Å². The molecule has 0 saturated carbocycles. The third-order valence-electron chi connectivity index (χ3n) is 2.63. The predicted octanol–water partition coefficient (Wildman–Crippen LogP) is 4.16. The van der Waals surface area contributed by atoms with Crippen molar-refractivity contribution < 1.29 is 13.2 Å². The molecule has 1 N–H and O–H groups in total. The van der Waals surface area contributed by atoms with Crippen LogP contribution in [0, 0.1) is 17.5 Å². The highest BCUT2D eigenvalue weighted by molar-refractivity contribution is 9.10. The Morgan fingerprint density at radius 1 is 0.789 bits per heavy atom. The number of hydrogen-bond donors (Lipinski definition) is 1. The normalized spacial score (nSPS) is 10.7. The van der Waals surface area contributed by atoms with Gasteiger partial charge in [0.1, 0.15) is 5.82 Å². The van der Waals surface area contributed by atoms with Crippen LogP contribution in [-0.4, -0.2) is 0 Å². The largest absolute Gasteiger partial charge is 0.309 e. The summed E-state index contributed by atoms with van der Waals surface area (Å²) in [5, 5.41) is 3.04. The van der Waals surface area contributed by atoms with E-state index < -0.39 is 11.6 Å². The number of halogens is 4. The Kier molecular flexibility index (Phi) is 4.61. The molecular formula is C14H11BrF3N. The first-order valence-corrected chi connectivity index (χ1v) is 6.44. The molecule has 0 unspecified atom stereocenters. The molecule has 0 aliphatic rings. The van der Waals surface area contributed by atoms with Crippen LogP contribution < -0.4 is 5.32 Å². The molecule has 2 rings (SSSR count). The summed E-state index contributed by atoms with van der Waals surface area (Å²) in [4.78, 5) is 0. The third-order valence-corrected chi connectivity index (χ3v) is 3.27. The van der Waals surface area contributed by atoms with Crippen molar-refractivity contribution in [3.63, 3.8) is 0 Å². The summed E-state index contributed by atoms with van der Waals surface area (Å²) in [5.41, 5.74) is 1.42. The van der Waals surface area contributed by atoms with Crippen LogP contribution in [0.4, 0.5) is 13.2 Å². The van der Waals surface area contributed by atoms with Gasteiger partial charge in [0.15, 0.2) is 11.6 Å². The second-order valence-electron chi connectivity index (χ2n) is 4.10. The lowest BCUT2D eigenvalue weighted by Crippen LogP contribution is -2.13. The zero-order chi connectivity index (χ0) is 13.8. The van der Waals surface area contributed by atoms with Gasteiger partial charge in [-0.1, -0.05) is 12.1 Å². The first-order valence-electron chi connectivity index (χ1n) is 5.65. The molecule has 0 bridgehead atoms. The molecule has 0 aliphatic carbocycles. The molecule has 0 atom stereocenters. The van der Waals surface area contributed by atoms with Gasteiger partial charge in [0, 0.05) is 13.1 Å². The van der Waals surface area contributed by atoms with E-state index >= 15 is 0 Å². The van der Waals surface area contributed by atoms with E-state index in [-0.39, 0.29) is 5.82 Å². The molecule has 0 radical (unpaired) electrons. The van der Waals surface area contributed by atoms with Gasteiger partial charge in [0.05, 0.1) is 4.47 Å². The van der Waals surface area contributed by atoms with E-state index in [1.54, 1.807) is 12.1 Å². The first kappa shape index (κ1) is 14.1. The summed E-state index contributed by atoms with van der Waals surface area (Å²) in [5.74, 6) is -2.06. The standard InChI is InChI=1S/C14H11BrF3N/c15-11-3-1-9(5-13(11)17)7-19-8-10-2-4-12(16)14(18)6-10/h1-6,19H,7-8H2. The predicted molar refractivity (Wildman–Crippen MR) is 71.0 cm³/mol. The maximum Gasteiger partial charge on any atom is 0.159 e. The fourth-order valence-electron chi connectivity index (χ4n) is 1.65. The summed E-state index contributed by atoms with van der Waals surface area (Å²) in [6, 6.07) is 8.57. The molecule has 100 valence electrons. The van der Waals surface area contributed by atoms with Gasteiger partial charge in [-0.2, -0.15) is 0 Å². The zero-order valence-electron chi connectivity index (χ0n) is 9.89. The molecule has 5 heteroatoms. The third kappa shape index (κ3) is 3.81. The van der Waals surface area contributed by atoms with E-state index in [0.717, 1.165) is 17.7 Å². The fraction of sp³-hybridized carbons (Fsp3) is 0.143. The second kappa shape index (κ2) is 6.21. The summed E-state index contributed by atoms with van der Waals surface area (Å²) < 4.78 is 39.4. The summed E-state index contributed by atoms with van der Waals surface area (Å²) in [6.45, 7) is 0.831. The molecule has 0 amide bonds. The molecule has 0 aliphatic heterocycles. The molecule has 0 aromatic heterocycles. The van der Waals surface area contributed by atoms with Gasteiger partial charge >= 0.3 is 0 Å². The lowest BCUT2D eigenvalue weighted by molar-refractivity contribution is 0.506. The average molecular weight is 330 g/mol. The van der Waals surface area contributed by atoms with Crippen molar-refractivity contribution in [3.8, 4) is 0 Å². The first-order chi connectivity index (χ1) is 9.06. The molecule has 2 aromatic carbocycles. The lowest BCUT2D eigenvalue weighted by Gasteiger charge is -2.06. The van der Waals surface area contributed by atoms with E-state index in [0.29, 0.717) is 23.1 Å². The fourth-order valence-corrected chi connectivity index (χ4v) is 1.90. The minimum absolute atomic E-state index is 0.327. The number of rotatable bonds is 4. The highest BCUT2D eigenvalue weighted by Crippen LogP contribution is 2.16. The topological polar surface area (TPSA) is 12.0 Å². The Bertz CT molecular complexity index is 535. The van der Waals surface area contributed by atoms with Crippen LogP contribution in [0.3, 0.4) is 0 Å². The smallest absolute Gasteiger partial charge is 0.159 e. The Hall–Kier alpha value is -1.33. The number of nitrogens with one attached hydrogen (secondary N) is 1. The van der Waals surface area contributed by atoms with Gasteiger partial charge in [0.25, 0.3) is 0 Å². The molecule has 2 aromatic rings. The van der Waals surface area contributed by atoms with Crippen molar-refractivity contribution in [2.45, 2.75) is 13.1 Å². The Morgan fingerprint density at radius 2 is 1.37 bits per heavy atom. The molecular weight excluding hydrogens is 319 g/mol. The Balaban J connectivity index is 1.92. The van der Waals surface area contributed by atoms with E-state index in [9.17, 15) is 13.2 Å². The van der Waals surface area contributed by atoms with E-state index in [4.69, 9.17) is 0 Å². The highest BCUT2D eigenvalue weighted by atomic mass is 79.9. The monoisotopic (exact) mass is 329 g/mol. The van der Waals surface area contributed by atoms with Gasteiger partial charge < -0.3 is 5.32 Å². The Labute approximate surface area is 117 Å². The van der Waals surface area contributed by atoms with E-state index in [1.807, 2.05) is 0 Å². The summed E-state index contributed by atoms with van der Waals surface area (Å²) >= 11 is 3.08. The van der Waals surface area contributed by atoms with Crippen molar-refractivity contribution in [2.75, 3.05) is 0 Å². The van der Waals surface area contributed by atoms with Crippen LogP contribution in [0.15, 0.2) is 40.9 Å². The van der Waals surface area contributed by atoms with Crippen LogP contribution in [0.5, 0.6) is 0 Å². The molecule has 0 fully saturated rings. The van der Waals surface area contributed by atoms with Crippen LogP contribution in [0.1, 0.15) is 11.1 Å². The number of hydrogen-bond acceptors (Lipinski definition) is 1. The molecule has 0 saturated heterocycles. The van der Waals surface area contributed by atoms with Crippen LogP contribution in [-0.2, 0) is 13.1 Å². The van der Waals surface area contributed by atoms with Gasteiger partial charge in [-0.25, -0.2) is 13.2 Å². The van der Waals surface area contributed by atoms with Gasteiger partial charge in [-0.15, -0.1) is 0 Å². The van der Waals surface area contributed by atoms with Crippen molar-refractivity contribution in [2.24, 2.45) is 0 Å². The van der Waals surface area contributed by atoms with Crippen molar-refractivity contribution in [3.05, 3.63) is 69.4 Å². The van der Waals surface area contributed by atoms with Crippen LogP contribution >= 0.6 is 15.9 Å². The minimum Gasteiger partial charge on any atom is -0.309 e. The van der Waals surface area contributed by atoms with Crippen LogP contribution in [0.2, 0.25) is 0 Å². The van der Waals surface area contributed by atoms with Crippen molar-refractivity contribution in [1.82, 2.24) is 5.32 Å². The van der Waals surface area contributed by atoms with Crippen molar-refractivity contribution in [1.29, 1.82) is 0 Å². The second-order valence-corrected chi connectivity index (χ2v) is 4.95. The van der Waals surface area contributed by atoms with Crippen molar-refractivity contribution >= 4 is 15.9 Å². The van der Waals surface area contributed by atoms with E-state index in [2.05, 4.69) is 21.2 Å². The minimum atomic E-state index is -0.867. The number of benzene rings is 2. The SMILES string of the molecule is Fc1ccc(CNCc2ccc(Br)c(F)c2)cc1F. The van der Waals surface area contributed by atoms with Gasteiger partial charge in [0.2, 0.25) is 0 Å². The Morgan fingerprint density at radius 3 is 1.95 bits per heavy atom.